The van der Waals surface area contributed by atoms with Gasteiger partial charge in [-0.3, -0.25) is 4.79 Å². The van der Waals surface area contributed by atoms with E-state index < -0.39 is 46.0 Å². The van der Waals surface area contributed by atoms with Gasteiger partial charge in [-0.1, -0.05) is 30.3 Å². The maximum atomic E-state index is 15.3. The summed E-state index contributed by atoms with van der Waals surface area (Å²) < 4.78 is 49.9. The molecule has 0 aliphatic heterocycles. The third kappa shape index (κ3) is 4.53. The second kappa shape index (κ2) is 9.12. The number of aromatic nitrogens is 1. The van der Waals surface area contributed by atoms with Crippen molar-refractivity contribution < 1.29 is 32.6 Å². The number of rotatable bonds is 6. The van der Waals surface area contributed by atoms with E-state index in [1.165, 1.54) is 6.07 Å². The Labute approximate surface area is 207 Å². The number of benzene rings is 3. The standard InChI is InChI=1S/C27H19F3N2O5/c28-16-6-7-22(21(30)10-16)32-13-18(25(34)35)24(33)17-11-20(29)19(12-23(17)32)27(8-9-27)31-26(36)37-14-15-4-2-1-3-5-15/h1-7,10-13H,8-9,14H2,(H,31,36)(H,34,35). The molecule has 0 spiro atoms. The minimum atomic E-state index is -1.59. The predicted molar refractivity (Wildman–Crippen MR) is 127 cm³/mol. The first-order valence-corrected chi connectivity index (χ1v) is 11.3. The van der Waals surface area contributed by atoms with Crippen molar-refractivity contribution >= 4 is 23.0 Å². The number of ether oxygens (including phenoxy) is 1. The number of hydrogen-bond acceptors (Lipinski definition) is 4. The number of pyridine rings is 1. The number of carboxylic acid groups (broad SMARTS) is 1. The second-order valence-corrected chi connectivity index (χ2v) is 8.76. The zero-order chi connectivity index (χ0) is 26.3. The van der Waals surface area contributed by atoms with E-state index in [-0.39, 0.29) is 28.8 Å². The number of carboxylic acids is 1. The molecule has 0 bridgehead atoms. The van der Waals surface area contributed by atoms with Gasteiger partial charge in [-0.25, -0.2) is 22.8 Å². The summed E-state index contributed by atoms with van der Waals surface area (Å²) in [6, 6.07) is 13.8. The maximum Gasteiger partial charge on any atom is 0.408 e. The number of alkyl carbamates (subject to hydrolysis) is 1. The largest absolute Gasteiger partial charge is 0.477 e. The molecule has 7 nitrogen and oxygen atoms in total. The van der Waals surface area contributed by atoms with Crippen LogP contribution in [0.25, 0.3) is 16.6 Å². The van der Waals surface area contributed by atoms with Crippen LogP contribution in [0.5, 0.6) is 0 Å². The molecule has 0 saturated heterocycles. The molecule has 1 saturated carbocycles. The molecule has 10 heteroatoms. The third-order valence-electron chi connectivity index (χ3n) is 6.31. The molecule has 0 atom stereocenters. The summed E-state index contributed by atoms with van der Waals surface area (Å²) in [6.07, 6.45) is 0.881. The smallest absolute Gasteiger partial charge is 0.408 e. The lowest BCUT2D eigenvalue weighted by Gasteiger charge is -2.21. The van der Waals surface area contributed by atoms with Crippen molar-refractivity contribution in [2.24, 2.45) is 0 Å². The van der Waals surface area contributed by atoms with Crippen molar-refractivity contribution in [3.05, 3.63) is 111 Å². The van der Waals surface area contributed by atoms with Crippen molar-refractivity contribution in [3.63, 3.8) is 0 Å². The van der Waals surface area contributed by atoms with Gasteiger partial charge in [0.2, 0.25) is 5.43 Å². The van der Waals surface area contributed by atoms with E-state index in [4.69, 9.17) is 4.74 Å². The van der Waals surface area contributed by atoms with E-state index in [0.29, 0.717) is 18.9 Å². The first kappa shape index (κ1) is 24.1. The minimum Gasteiger partial charge on any atom is -0.477 e. The van der Waals surface area contributed by atoms with Crippen LogP contribution in [0.15, 0.2) is 71.7 Å². The normalized spacial score (nSPS) is 13.8. The summed E-state index contributed by atoms with van der Waals surface area (Å²) in [5.41, 5.74) is -2.28. The number of hydrogen-bond donors (Lipinski definition) is 2. The van der Waals surface area contributed by atoms with Crippen LogP contribution in [-0.4, -0.2) is 21.7 Å². The molecule has 37 heavy (non-hydrogen) atoms. The zero-order valence-electron chi connectivity index (χ0n) is 19.1. The number of fused-ring (bicyclic) bond motifs is 1. The number of nitrogens with zero attached hydrogens (tertiary/aromatic N) is 1. The fraction of sp³-hybridized carbons (Fsp3) is 0.148. The molecule has 1 aromatic heterocycles. The first-order valence-electron chi connectivity index (χ1n) is 11.3. The molecule has 3 aromatic carbocycles. The van der Waals surface area contributed by atoms with E-state index in [0.717, 1.165) is 34.5 Å². The van der Waals surface area contributed by atoms with E-state index >= 15 is 4.39 Å². The van der Waals surface area contributed by atoms with Crippen molar-refractivity contribution in [2.45, 2.75) is 25.0 Å². The van der Waals surface area contributed by atoms with Gasteiger partial charge < -0.3 is 19.7 Å². The van der Waals surface area contributed by atoms with Crippen molar-refractivity contribution in [2.75, 3.05) is 0 Å². The molecule has 1 fully saturated rings. The maximum absolute atomic E-state index is 15.3. The highest BCUT2D eigenvalue weighted by Crippen LogP contribution is 2.47. The summed E-state index contributed by atoms with van der Waals surface area (Å²) in [4.78, 5) is 37.0. The van der Waals surface area contributed by atoms with Gasteiger partial charge in [-0.05, 0) is 42.7 Å². The summed E-state index contributed by atoms with van der Waals surface area (Å²) in [5, 5.41) is 11.8. The Hall–Kier alpha value is -4.60. The van der Waals surface area contributed by atoms with Gasteiger partial charge in [0.05, 0.1) is 16.7 Å². The van der Waals surface area contributed by atoms with Crippen LogP contribution in [-0.2, 0) is 16.9 Å². The summed E-state index contributed by atoms with van der Waals surface area (Å²) in [7, 11) is 0. The Balaban J connectivity index is 1.58. The number of nitrogens with one attached hydrogen (secondary N) is 1. The molecule has 1 aliphatic rings. The monoisotopic (exact) mass is 508 g/mol. The molecular weight excluding hydrogens is 489 g/mol. The fourth-order valence-electron chi connectivity index (χ4n) is 4.28. The van der Waals surface area contributed by atoms with E-state index in [9.17, 15) is 28.3 Å². The molecule has 1 heterocycles. The minimum absolute atomic E-state index is 0.00427. The predicted octanol–water partition coefficient (Wildman–Crippen LogP) is 5.02. The van der Waals surface area contributed by atoms with Crippen LogP contribution < -0.4 is 10.7 Å². The quantitative estimate of drug-likeness (QED) is 0.381. The molecule has 0 unspecified atom stereocenters. The zero-order valence-corrected chi connectivity index (χ0v) is 19.1. The molecule has 5 rings (SSSR count). The fourth-order valence-corrected chi connectivity index (χ4v) is 4.28. The lowest BCUT2D eigenvalue weighted by Crippen LogP contribution is -2.36. The SMILES string of the molecule is O=C(NC1(c2cc3c(cc2F)c(=O)c(C(=O)O)cn3-c2ccc(F)cc2F)CC1)OCc1ccccc1. The van der Waals surface area contributed by atoms with Crippen LogP contribution >= 0.6 is 0 Å². The topological polar surface area (TPSA) is 97.6 Å². The average Bonchev–Trinajstić information content (AvgIpc) is 3.64. The summed E-state index contributed by atoms with van der Waals surface area (Å²) in [6.45, 7) is 0.00427. The van der Waals surface area contributed by atoms with E-state index in [1.807, 2.05) is 6.07 Å². The highest BCUT2D eigenvalue weighted by atomic mass is 19.1. The molecule has 1 amide bonds. The third-order valence-corrected chi connectivity index (χ3v) is 6.31. The van der Waals surface area contributed by atoms with Crippen LogP contribution in [0.1, 0.15) is 34.3 Å². The van der Waals surface area contributed by atoms with Gasteiger partial charge in [-0.2, -0.15) is 0 Å². The average molecular weight is 508 g/mol. The Morgan fingerprint density at radius 3 is 2.38 bits per heavy atom. The number of carbonyl (C=O) groups is 2. The molecule has 1 aliphatic carbocycles. The second-order valence-electron chi connectivity index (χ2n) is 8.76. The number of amides is 1. The van der Waals surface area contributed by atoms with Gasteiger partial charge in [-0.15, -0.1) is 0 Å². The highest BCUT2D eigenvalue weighted by molar-refractivity contribution is 5.93. The van der Waals surface area contributed by atoms with Crippen molar-refractivity contribution in [1.82, 2.24) is 9.88 Å². The molecule has 2 N–H and O–H groups in total. The van der Waals surface area contributed by atoms with Crippen LogP contribution in [0.4, 0.5) is 18.0 Å². The highest BCUT2D eigenvalue weighted by Gasteiger charge is 2.48. The first-order chi connectivity index (χ1) is 17.7. The van der Waals surface area contributed by atoms with E-state index in [1.54, 1.807) is 24.3 Å². The van der Waals surface area contributed by atoms with Crippen LogP contribution in [0.2, 0.25) is 0 Å². The Kier molecular flexibility index (Phi) is 5.94. The molecule has 4 aromatic rings. The molecule has 0 radical (unpaired) electrons. The van der Waals surface area contributed by atoms with Gasteiger partial charge in [0.25, 0.3) is 0 Å². The lowest BCUT2D eigenvalue weighted by atomic mass is 10.00. The summed E-state index contributed by atoms with van der Waals surface area (Å²) in [5.74, 6) is -4.31. The Morgan fingerprint density at radius 2 is 1.73 bits per heavy atom. The van der Waals surface area contributed by atoms with Crippen molar-refractivity contribution in [3.8, 4) is 5.69 Å². The molecular formula is C27H19F3N2O5. The van der Waals surface area contributed by atoms with Gasteiger partial charge >= 0.3 is 12.1 Å². The summed E-state index contributed by atoms with van der Waals surface area (Å²) >= 11 is 0. The Bertz CT molecular complexity index is 1610. The van der Waals surface area contributed by atoms with Crippen LogP contribution in [0.3, 0.4) is 0 Å². The van der Waals surface area contributed by atoms with E-state index in [2.05, 4.69) is 5.32 Å². The molecule has 188 valence electrons. The van der Waals surface area contributed by atoms with Gasteiger partial charge in [0, 0.05) is 23.2 Å². The van der Waals surface area contributed by atoms with Crippen LogP contribution in [0, 0.1) is 17.5 Å². The number of halogens is 3. The number of aromatic carboxylic acids is 1. The lowest BCUT2D eigenvalue weighted by molar-refractivity contribution is 0.0695. The number of carbonyl (C=O) groups excluding carboxylic acids is 1. The Morgan fingerprint density at radius 1 is 1.00 bits per heavy atom. The van der Waals surface area contributed by atoms with Gasteiger partial charge in [0.15, 0.2) is 0 Å². The van der Waals surface area contributed by atoms with Crippen molar-refractivity contribution in [1.29, 1.82) is 0 Å². The van der Waals surface area contributed by atoms with Gasteiger partial charge in [0.1, 0.15) is 29.6 Å².